The number of hydrogen-bond acceptors (Lipinski definition) is 13. The van der Waals surface area contributed by atoms with Crippen LogP contribution in [0.5, 0.6) is 0 Å². The average molecular weight is 510 g/mol. The van der Waals surface area contributed by atoms with Crippen LogP contribution in [0.15, 0.2) is 5.11 Å². The van der Waals surface area contributed by atoms with Crippen molar-refractivity contribution < 1.29 is 62.6 Å². The van der Waals surface area contributed by atoms with E-state index in [4.69, 9.17) is 48.9 Å². The summed E-state index contributed by atoms with van der Waals surface area (Å²) in [5.41, 5.74) is 8.20. The van der Waals surface area contributed by atoms with Crippen molar-refractivity contribution in [1.29, 1.82) is 0 Å². The van der Waals surface area contributed by atoms with E-state index in [0.717, 1.165) is 0 Å². The number of carbonyl (C=O) groups excluding carboxylic acids is 4. The maximum atomic E-state index is 12.0. The molecule has 0 bridgehead atoms. The van der Waals surface area contributed by atoms with Gasteiger partial charge in [0.1, 0.15) is 12.7 Å². The molecule has 1 aliphatic heterocycles. The first-order valence-electron chi connectivity index (χ1n) is 13.0. The van der Waals surface area contributed by atoms with E-state index >= 15 is 0 Å². The van der Waals surface area contributed by atoms with Crippen molar-refractivity contribution >= 4 is 23.9 Å². The fraction of sp³-hybridized carbons (Fsp3) is 0.800. The van der Waals surface area contributed by atoms with Crippen LogP contribution in [-0.2, 0) is 57.1 Å². The Balaban J connectivity index is 3.03. The summed E-state index contributed by atoms with van der Waals surface area (Å²) in [5.74, 6) is -4.18. The quantitative estimate of drug-likeness (QED) is 0.0739. The normalized spacial score (nSPS) is 25.0. The molecule has 0 aromatic carbocycles. The summed E-state index contributed by atoms with van der Waals surface area (Å²) in [6.07, 6.45) is -7.65. The Bertz CT molecular complexity index is 836. The van der Waals surface area contributed by atoms with Crippen molar-refractivity contribution in [2.75, 3.05) is 46.2 Å². The molecule has 0 aliphatic carbocycles. The zero-order valence-electron chi connectivity index (χ0n) is 22.9. The highest BCUT2D eigenvalue weighted by molar-refractivity contribution is 5.68. The third-order valence-electron chi connectivity index (χ3n) is 4.08. The van der Waals surface area contributed by atoms with Crippen LogP contribution in [0.3, 0.4) is 0 Å². The van der Waals surface area contributed by atoms with Crippen molar-refractivity contribution in [3.05, 3.63) is 10.4 Å². The van der Waals surface area contributed by atoms with Gasteiger partial charge in [-0.15, -0.1) is 0 Å². The Morgan fingerprint density at radius 2 is 1.40 bits per heavy atom. The van der Waals surface area contributed by atoms with E-state index in [1.807, 2.05) is 0 Å². The summed E-state index contributed by atoms with van der Waals surface area (Å²) in [5, 5.41) is 3.31. The van der Waals surface area contributed by atoms with E-state index < -0.39 is 88.8 Å². The van der Waals surface area contributed by atoms with Crippen LogP contribution in [-0.4, -0.2) is 101 Å². The van der Waals surface area contributed by atoms with E-state index in [9.17, 15) is 19.2 Å². The topological polar surface area (TPSA) is 191 Å². The van der Waals surface area contributed by atoms with Crippen LogP contribution in [0.25, 0.3) is 10.4 Å². The van der Waals surface area contributed by atoms with E-state index in [-0.39, 0.29) is 39.6 Å². The second kappa shape index (κ2) is 16.6. The first-order valence-corrected chi connectivity index (χ1v) is 10.2. The van der Waals surface area contributed by atoms with Gasteiger partial charge >= 0.3 is 23.9 Å². The SMILES string of the molecule is [2H]CC(=O)OC[C@H]1OC(OCCOCCOCCN=[N+]=[N-])[C@H](OC(=O)C[2H])[C@@H](OC(=O)C[2H])[C@H]1OC(=O)C[2H]. The number of azide groups is 1. The number of hydrogen-bond donors (Lipinski definition) is 0. The van der Waals surface area contributed by atoms with Gasteiger partial charge in [-0.2, -0.15) is 0 Å². The lowest BCUT2D eigenvalue weighted by Gasteiger charge is -2.44. The van der Waals surface area contributed by atoms with Gasteiger partial charge in [0.25, 0.3) is 0 Å². The number of nitrogens with zero attached hydrogens (tertiary/aromatic N) is 3. The van der Waals surface area contributed by atoms with Gasteiger partial charge in [0.2, 0.25) is 0 Å². The predicted molar refractivity (Wildman–Crippen MR) is 114 cm³/mol. The van der Waals surface area contributed by atoms with E-state index in [2.05, 4.69) is 10.0 Å². The van der Waals surface area contributed by atoms with Crippen LogP contribution in [0, 0.1) is 0 Å². The standard InChI is InChI=1S/C20H31N3O12/c1-12(24)31-11-16-17(32-13(2)25)18(33-14(3)26)19(34-15(4)27)20(35-16)30-10-9-29-8-7-28-6-5-22-23-21/h16-20H,5-11H2,1-4H3/t16-,17+,18+,19-,20?/m1/s1/i1D,2D,3D,4D. The van der Waals surface area contributed by atoms with Crippen LogP contribution < -0.4 is 0 Å². The van der Waals surface area contributed by atoms with E-state index in [0.29, 0.717) is 0 Å². The minimum Gasteiger partial charge on any atom is -0.463 e. The molecule has 0 aromatic heterocycles. The van der Waals surface area contributed by atoms with E-state index in [1.165, 1.54) is 0 Å². The highest BCUT2D eigenvalue weighted by Gasteiger charge is 2.52. The monoisotopic (exact) mass is 509 g/mol. The summed E-state index contributed by atoms with van der Waals surface area (Å²) >= 11 is 0. The van der Waals surface area contributed by atoms with Crippen molar-refractivity contribution in [3.63, 3.8) is 0 Å². The molecule has 0 spiro atoms. The molecular weight excluding hydrogens is 474 g/mol. The minimum atomic E-state index is -1.63. The maximum Gasteiger partial charge on any atom is 0.303 e. The smallest absolute Gasteiger partial charge is 0.303 e. The zero-order valence-corrected chi connectivity index (χ0v) is 18.9. The van der Waals surface area contributed by atoms with Gasteiger partial charge in [0.15, 0.2) is 24.6 Å². The lowest BCUT2D eigenvalue weighted by atomic mass is 9.98. The number of carbonyl (C=O) groups is 4. The number of ether oxygens (including phenoxy) is 8. The molecule has 15 nitrogen and oxygen atoms in total. The van der Waals surface area contributed by atoms with Crippen molar-refractivity contribution in [1.82, 2.24) is 0 Å². The predicted octanol–water partition coefficient (Wildman–Crippen LogP) is 0.430. The van der Waals surface area contributed by atoms with Crippen molar-refractivity contribution in [2.45, 2.75) is 58.3 Å². The fourth-order valence-corrected chi connectivity index (χ4v) is 2.87. The molecule has 15 heteroatoms. The Morgan fingerprint density at radius 1 is 0.829 bits per heavy atom. The molecule has 1 unspecified atom stereocenters. The molecule has 0 N–H and O–H groups in total. The first kappa shape index (κ1) is 23.8. The molecule has 35 heavy (non-hydrogen) atoms. The molecule has 1 aliphatic rings. The van der Waals surface area contributed by atoms with E-state index in [1.54, 1.807) is 0 Å². The molecule has 1 rings (SSSR count). The van der Waals surface area contributed by atoms with Gasteiger partial charge in [-0.05, 0) is 5.53 Å². The summed E-state index contributed by atoms with van der Waals surface area (Å²) in [7, 11) is 0. The Labute approximate surface area is 207 Å². The average Bonchev–Trinajstić information content (AvgIpc) is 2.94. The molecule has 198 valence electrons. The first-order chi connectivity index (χ1) is 18.8. The summed E-state index contributed by atoms with van der Waals surface area (Å²) in [4.78, 5) is 50.1. The summed E-state index contributed by atoms with van der Waals surface area (Å²) < 4.78 is 71.3. The highest BCUT2D eigenvalue weighted by Crippen LogP contribution is 2.29. The molecule has 1 heterocycles. The van der Waals surface area contributed by atoms with Gasteiger partial charge in [0.05, 0.1) is 33.0 Å². The minimum absolute atomic E-state index is 0.00833. The maximum absolute atomic E-state index is 12.0. The lowest BCUT2D eigenvalue weighted by Crippen LogP contribution is -2.63. The molecule has 1 fully saturated rings. The third-order valence-corrected chi connectivity index (χ3v) is 4.08. The highest BCUT2D eigenvalue weighted by atomic mass is 16.7. The van der Waals surface area contributed by atoms with Gasteiger partial charge in [-0.3, -0.25) is 19.2 Å². The van der Waals surface area contributed by atoms with Gasteiger partial charge in [0, 0.05) is 44.5 Å². The molecule has 0 radical (unpaired) electrons. The number of rotatable bonds is 15. The van der Waals surface area contributed by atoms with Gasteiger partial charge in [-0.1, -0.05) is 5.11 Å². The largest absolute Gasteiger partial charge is 0.463 e. The second-order valence-electron chi connectivity index (χ2n) is 6.64. The molecule has 5 atom stereocenters. The fourth-order valence-electron chi connectivity index (χ4n) is 2.87. The Kier molecular flexibility index (Phi) is 11.3. The molecule has 0 saturated carbocycles. The molecular formula is C20H31N3O12. The van der Waals surface area contributed by atoms with Crippen LogP contribution in [0.1, 0.15) is 33.1 Å². The summed E-state index contributed by atoms with van der Waals surface area (Å²) in [6, 6.07) is 0. The van der Waals surface area contributed by atoms with Crippen molar-refractivity contribution in [3.8, 4) is 0 Å². The van der Waals surface area contributed by atoms with Gasteiger partial charge < -0.3 is 37.9 Å². The third kappa shape index (κ3) is 12.3. The van der Waals surface area contributed by atoms with Crippen LogP contribution >= 0.6 is 0 Å². The lowest BCUT2D eigenvalue weighted by molar-refractivity contribution is -0.309. The summed E-state index contributed by atoms with van der Waals surface area (Å²) in [6.45, 7) is -3.27. The molecule has 0 aromatic rings. The second-order valence-corrected chi connectivity index (χ2v) is 6.64. The molecule has 1 saturated heterocycles. The zero-order chi connectivity index (χ0) is 29.0. The van der Waals surface area contributed by atoms with Crippen LogP contribution in [0.2, 0.25) is 0 Å². The number of esters is 4. The Morgan fingerprint density at radius 3 is 2.03 bits per heavy atom. The molecule has 0 amide bonds. The van der Waals surface area contributed by atoms with Gasteiger partial charge in [-0.25, -0.2) is 0 Å². The van der Waals surface area contributed by atoms with Crippen molar-refractivity contribution in [2.24, 2.45) is 5.11 Å². The van der Waals surface area contributed by atoms with Crippen LogP contribution in [0.4, 0.5) is 0 Å². The Hall–Kier alpha value is -2.97.